The number of fused-ring (bicyclic) bond motifs is 1. The van der Waals surface area contributed by atoms with Crippen molar-refractivity contribution in [3.63, 3.8) is 0 Å². The smallest absolute Gasteiger partial charge is 0.308 e. The lowest BCUT2D eigenvalue weighted by Crippen LogP contribution is -2.27. The number of carbonyl (C=O) groups excluding carboxylic acids is 2. The van der Waals surface area contributed by atoms with Gasteiger partial charge in [0, 0.05) is 17.5 Å². The molecule has 0 radical (unpaired) electrons. The van der Waals surface area contributed by atoms with E-state index in [0.29, 0.717) is 11.1 Å². The number of hydrogen-bond donors (Lipinski definition) is 0. The van der Waals surface area contributed by atoms with Crippen LogP contribution in [-0.2, 0) is 13.6 Å². The molecule has 0 N–H and O–H groups in total. The SMILES string of the molecule is CCOP(=O)(OCC)C(CC(=O)c1cccc2ccccc12)C(=O)c1ccccc1. The molecule has 0 saturated heterocycles. The van der Waals surface area contributed by atoms with Gasteiger partial charge < -0.3 is 9.05 Å². The first-order valence-electron chi connectivity index (χ1n) is 9.99. The van der Waals surface area contributed by atoms with Crippen LogP contribution in [0.15, 0.2) is 72.8 Å². The summed E-state index contributed by atoms with van der Waals surface area (Å²) in [7, 11) is -3.86. The van der Waals surface area contributed by atoms with Crippen LogP contribution in [0.1, 0.15) is 41.0 Å². The normalized spacial score (nSPS) is 12.6. The lowest BCUT2D eigenvalue weighted by molar-refractivity contribution is 0.0901. The molecule has 0 heterocycles. The first-order chi connectivity index (χ1) is 14.5. The van der Waals surface area contributed by atoms with E-state index in [1.807, 2.05) is 30.3 Å². The minimum Gasteiger partial charge on any atom is -0.308 e. The van der Waals surface area contributed by atoms with Crippen LogP contribution in [-0.4, -0.2) is 30.4 Å². The summed E-state index contributed by atoms with van der Waals surface area (Å²) in [6, 6.07) is 21.5. The molecule has 0 fully saturated rings. The molecule has 0 bridgehead atoms. The second-order valence-corrected chi connectivity index (χ2v) is 8.99. The number of hydrogen-bond acceptors (Lipinski definition) is 5. The summed E-state index contributed by atoms with van der Waals surface area (Å²) in [4.78, 5) is 26.6. The van der Waals surface area contributed by atoms with Gasteiger partial charge in [-0.05, 0) is 24.6 Å². The first-order valence-corrected chi connectivity index (χ1v) is 11.6. The summed E-state index contributed by atoms with van der Waals surface area (Å²) in [5.74, 6) is -0.699. The summed E-state index contributed by atoms with van der Waals surface area (Å²) >= 11 is 0. The Labute approximate surface area is 176 Å². The van der Waals surface area contributed by atoms with Gasteiger partial charge in [0.1, 0.15) is 5.66 Å². The monoisotopic (exact) mass is 424 g/mol. The van der Waals surface area contributed by atoms with Crippen LogP contribution in [0, 0.1) is 0 Å². The van der Waals surface area contributed by atoms with Crippen molar-refractivity contribution in [2.75, 3.05) is 13.2 Å². The number of benzene rings is 3. The highest BCUT2D eigenvalue weighted by molar-refractivity contribution is 7.55. The molecule has 0 aliphatic carbocycles. The van der Waals surface area contributed by atoms with Gasteiger partial charge in [-0.2, -0.15) is 0 Å². The van der Waals surface area contributed by atoms with Crippen molar-refractivity contribution in [1.82, 2.24) is 0 Å². The molecule has 3 aromatic carbocycles. The van der Waals surface area contributed by atoms with E-state index in [9.17, 15) is 14.2 Å². The molecule has 1 unspecified atom stereocenters. The third-order valence-electron chi connectivity index (χ3n) is 4.83. The topological polar surface area (TPSA) is 69.7 Å². The van der Waals surface area contributed by atoms with E-state index in [1.165, 1.54) is 0 Å². The second-order valence-electron chi connectivity index (χ2n) is 6.78. The first kappa shape index (κ1) is 22.1. The molecule has 0 aromatic heterocycles. The second kappa shape index (κ2) is 9.94. The molecule has 0 aliphatic heterocycles. The molecule has 5 nitrogen and oxygen atoms in total. The third kappa shape index (κ3) is 4.76. The molecule has 156 valence electrons. The van der Waals surface area contributed by atoms with Gasteiger partial charge in [-0.25, -0.2) is 0 Å². The zero-order chi connectivity index (χ0) is 21.6. The maximum atomic E-state index is 13.5. The zero-order valence-electron chi connectivity index (χ0n) is 17.1. The molecule has 30 heavy (non-hydrogen) atoms. The van der Waals surface area contributed by atoms with Crippen molar-refractivity contribution in [2.24, 2.45) is 0 Å². The van der Waals surface area contributed by atoms with Crippen molar-refractivity contribution in [2.45, 2.75) is 25.9 Å². The number of rotatable bonds is 10. The van der Waals surface area contributed by atoms with Crippen molar-refractivity contribution >= 4 is 29.9 Å². The maximum absolute atomic E-state index is 13.5. The van der Waals surface area contributed by atoms with E-state index in [4.69, 9.17) is 9.05 Å². The van der Waals surface area contributed by atoms with Crippen molar-refractivity contribution in [1.29, 1.82) is 0 Å². The Morgan fingerprint density at radius 1 is 0.833 bits per heavy atom. The fraction of sp³-hybridized carbons (Fsp3) is 0.250. The molecule has 0 spiro atoms. The number of carbonyl (C=O) groups is 2. The van der Waals surface area contributed by atoms with E-state index in [1.54, 1.807) is 56.3 Å². The Morgan fingerprint density at radius 2 is 1.43 bits per heavy atom. The Hall–Kier alpha value is -2.59. The molecule has 0 aliphatic rings. The predicted octanol–water partition coefficient (Wildman–Crippen LogP) is 5.93. The summed E-state index contributed by atoms with van der Waals surface area (Å²) < 4.78 is 24.5. The molecule has 3 aromatic rings. The third-order valence-corrected chi connectivity index (χ3v) is 7.25. The van der Waals surface area contributed by atoms with Gasteiger partial charge in [0.15, 0.2) is 11.6 Å². The van der Waals surface area contributed by atoms with Gasteiger partial charge in [-0.1, -0.05) is 72.8 Å². The Morgan fingerprint density at radius 3 is 2.10 bits per heavy atom. The lowest BCUT2D eigenvalue weighted by atomic mass is 9.97. The van der Waals surface area contributed by atoms with E-state index in [2.05, 4.69) is 0 Å². The largest absolute Gasteiger partial charge is 0.341 e. The van der Waals surface area contributed by atoms with E-state index < -0.39 is 19.0 Å². The van der Waals surface area contributed by atoms with Crippen molar-refractivity contribution in [3.8, 4) is 0 Å². The van der Waals surface area contributed by atoms with E-state index in [-0.39, 0.29) is 25.4 Å². The summed E-state index contributed by atoms with van der Waals surface area (Å²) in [5, 5.41) is 1.71. The van der Waals surface area contributed by atoms with Gasteiger partial charge in [0.2, 0.25) is 0 Å². The van der Waals surface area contributed by atoms with Crippen LogP contribution in [0.3, 0.4) is 0 Å². The Kier molecular flexibility index (Phi) is 7.33. The summed E-state index contributed by atoms with van der Waals surface area (Å²) in [6.07, 6.45) is -0.265. The molecular formula is C24H25O5P. The average molecular weight is 424 g/mol. The molecule has 6 heteroatoms. The maximum Gasteiger partial charge on any atom is 0.341 e. The fourth-order valence-corrected chi connectivity index (χ4v) is 5.45. The van der Waals surface area contributed by atoms with Crippen LogP contribution >= 0.6 is 7.60 Å². The average Bonchev–Trinajstić information content (AvgIpc) is 2.77. The fourth-order valence-electron chi connectivity index (χ4n) is 3.47. The molecular weight excluding hydrogens is 399 g/mol. The summed E-state index contributed by atoms with van der Waals surface area (Å²) in [6.45, 7) is 3.58. The van der Waals surface area contributed by atoms with Crippen LogP contribution in [0.2, 0.25) is 0 Å². The number of ketones is 2. The predicted molar refractivity (Wildman–Crippen MR) is 118 cm³/mol. The standard InChI is InChI=1S/C24H25O5P/c1-3-28-30(27,29-4-2)23(24(26)19-12-6-5-7-13-19)17-22(25)21-16-10-14-18-11-8-9-15-20(18)21/h5-16,23H,3-4,17H2,1-2H3. The van der Waals surface area contributed by atoms with Crippen molar-refractivity contribution in [3.05, 3.63) is 83.9 Å². The Bertz CT molecular complexity index is 1060. The van der Waals surface area contributed by atoms with E-state index >= 15 is 0 Å². The molecule has 3 rings (SSSR count). The van der Waals surface area contributed by atoms with Crippen LogP contribution in [0.25, 0.3) is 10.8 Å². The number of Topliss-reactive ketones (excluding diaryl/α,β-unsaturated/α-hetero) is 2. The van der Waals surface area contributed by atoms with Crippen LogP contribution in [0.5, 0.6) is 0 Å². The van der Waals surface area contributed by atoms with E-state index in [0.717, 1.165) is 10.8 Å². The highest BCUT2D eigenvalue weighted by Gasteiger charge is 2.42. The van der Waals surface area contributed by atoms with Crippen LogP contribution < -0.4 is 0 Å². The molecule has 0 amide bonds. The van der Waals surface area contributed by atoms with Crippen molar-refractivity contribution < 1.29 is 23.2 Å². The molecule has 1 atom stereocenters. The van der Waals surface area contributed by atoms with Gasteiger partial charge in [-0.15, -0.1) is 0 Å². The zero-order valence-corrected chi connectivity index (χ0v) is 18.0. The minimum absolute atomic E-state index is 0.109. The highest BCUT2D eigenvalue weighted by Crippen LogP contribution is 2.55. The lowest BCUT2D eigenvalue weighted by Gasteiger charge is -2.25. The quantitative estimate of drug-likeness (QED) is 0.298. The van der Waals surface area contributed by atoms with Gasteiger partial charge in [-0.3, -0.25) is 14.2 Å². The van der Waals surface area contributed by atoms with Gasteiger partial charge in [0.05, 0.1) is 13.2 Å². The molecule has 0 saturated carbocycles. The Balaban J connectivity index is 2.02. The minimum atomic E-state index is -3.86. The van der Waals surface area contributed by atoms with Gasteiger partial charge in [0.25, 0.3) is 0 Å². The van der Waals surface area contributed by atoms with Crippen LogP contribution in [0.4, 0.5) is 0 Å². The van der Waals surface area contributed by atoms with Gasteiger partial charge >= 0.3 is 7.60 Å². The highest BCUT2D eigenvalue weighted by atomic mass is 31.2. The summed E-state index contributed by atoms with van der Waals surface area (Å²) in [5.41, 5.74) is -0.363.